The molecule has 1 aromatic rings. The molecule has 0 radical (unpaired) electrons. The Morgan fingerprint density at radius 3 is 2.53 bits per heavy atom. The van der Waals surface area contributed by atoms with E-state index in [9.17, 15) is 8.42 Å². The van der Waals surface area contributed by atoms with Crippen LogP contribution in [0.1, 0.15) is 24.4 Å². The van der Waals surface area contributed by atoms with Gasteiger partial charge in [-0.05, 0) is 30.5 Å². The van der Waals surface area contributed by atoms with Gasteiger partial charge in [0.1, 0.15) is 5.75 Å². The molecule has 1 aromatic carbocycles. The Kier molecular flexibility index (Phi) is 3.37. The second kappa shape index (κ2) is 4.64. The summed E-state index contributed by atoms with van der Waals surface area (Å²) >= 11 is 0. The second-order valence-electron chi connectivity index (χ2n) is 4.09. The summed E-state index contributed by atoms with van der Waals surface area (Å²) in [6.07, 6.45) is 1.65. The maximum atomic E-state index is 11.4. The zero-order valence-electron chi connectivity index (χ0n) is 9.67. The molecular formula is C11H16N2O3S. The molecule has 6 heteroatoms. The zero-order valence-corrected chi connectivity index (χ0v) is 10.5. The Bertz CT molecular complexity index is 484. The Labute approximate surface area is 101 Å². The average Bonchev–Trinajstić information content (AvgIpc) is 2.78. The van der Waals surface area contributed by atoms with Gasteiger partial charge in [0.25, 0.3) is 10.2 Å². The molecule has 0 spiro atoms. The molecule has 0 aromatic heterocycles. The van der Waals surface area contributed by atoms with Crippen molar-refractivity contribution >= 4 is 10.2 Å². The lowest BCUT2D eigenvalue weighted by Crippen LogP contribution is -2.36. The fourth-order valence-electron chi connectivity index (χ4n) is 2.20. The SMILES string of the molecule is COc1ccc([C@H]2CCCN2S(N)(=O)=O)cc1. The highest BCUT2D eigenvalue weighted by Gasteiger charge is 2.32. The van der Waals surface area contributed by atoms with E-state index in [1.165, 1.54) is 4.31 Å². The van der Waals surface area contributed by atoms with E-state index in [4.69, 9.17) is 9.88 Å². The molecule has 0 bridgehead atoms. The molecule has 1 saturated heterocycles. The maximum absolute atomic E-state index is 11.4. The van der Waals surface area contributed by atoms with Gasteiger partial charge < -0.3 is 4.74 Å². The molecule has 2 rings (SSSR count). The third-order valence-electron chi connectivity index (χ3n) is 3.03. The van der Waals surface area contributed by atoms with Gasteiger partial charge in [0, 0.05) is 6.54 Å². The summed E-state index contributed by atoms with van der Waals surface area (Å²) in [4.78, 5) is 0. The minimum Gasteiger partial charge on any atom is -0.497 e. The van der Waals surface area contributed by atoms with Crippen LogP contribution >= 0.6 is 0 Å². The normalized spacial score (nSPS) is 21.6. The first kappa shape index (κ1) is 12.3. The molecule has 0 unspecified atom stereocenters. The molecule has 0 amide bonds. The van der Waals surface area contributed by atoms with E-state index in [2.05, 4.69) is 0 Å². The van der Waals surface area contributed by atoms with Crippen molar-refractivity contribution in [3.05, 3.63) is 29.8 Å². The minimum atomic E-state index is -3.61. The fourth-order valence-corrected chi connectivity index (χ4v) is 3.17. The van der Waals surface area contributed by atoms with Crippen LogP contribution < -0.4 is 9.88 Å². The van der Waals surface area contributed by atoms with Crippen LogP contribution in [-0.2, 0) is 10.2 Å². The Hall–Kier alpha value is -1.11. The van der Waals surface area contributed by atoms with Gasteiger partial charge in [0.2, 0.25) is 0 Å². The number of ether oxygens (including phenoxy) is 1. The summed E-state index contributed by atoms with van der Waals surface area (Å²) in [5.41, 5.74) is 0.956. The molecular weight excluding hydrogens is 240 g/mol. The molecule has 0 saturated carbocycles. The van der Waals surface area contributed by atoms with Crippen LogP contribution in [0, 0.1) is 0 Å². The molecule has 1 heterocycles. The van der Waals surface area contributed by atoms with Crippen LogP contribution in [0.15, 0.2) is 24.3 Å². The van der Waals surface area contributed by atoms with Crippen molar-refractivity contribution in [1.82, 2.24) is 4.31 Å². The van der Waals surface area contributed by atoms with E-state index in [0.717, 1.165) is 24.2 Å². The third kappa shape index (κ3) is 2.59. The summed E-state index contributed by atoms with van der Waals surface area (Å²) in [5, 5.41) is 5.20. The second-order valence-corrected chi connectivity index (χ2v) is 5.59. The van der Waals surface area contributed by atoms with E-state index in [1.807, 2.05) is 24.3 Å². The average molecular weight is 256 g/mol. The predicted molar refractivity (Wildman–Crippen MR) is 64.8 cm³/mol. The summed E-state index contributed by atoms with van der Waals surface area (Å²) in [5.74, 6) is 0.758. The van der Waals surface area contributed by atoms with Gasteiger partial charge in [0.05, 0.1) is 13.2 Å². The van der Waals surface area contributed by atoms with Crippen LogP contribution in [0.25, 0.3) is 0 Å². The molecule has 0 aliphatic carbocycles. The van der Waals surface area contributed by atoms with Crippen molar-refractivity contribution < 1.29 is 13.2 Å². The summed E-state index contributed by atoms with van der Waals surface area (Å²) in [6.45, 7) is 0.496. The minimum absolute atomic E-state index is 0.143. The molecule has 1 aliphatic rings. The van der Waals surface area contributed by atoms with Crippen LogP contribution in [-0.4, -0.2) is 26.4 Å². The summed E-state index contributed by atoms with van der Waals surface area (Å²) in [7, 11) is -2.02. The number of rotatable bonds is 3. The highest BCUT2D eigenvalue weighted by molar-refractivity contribution is 7.86. The van der Waals surface area contributed by atoms with Crippen LogP contribution in [0.3, 0.4) is 0 Å². The van der Waals surface area contributed by atoms with E-state index in [0.29, 0.717) is 6.54 Å². The Morgan fingerprint density at radius 1 is 1.35 bits per heavy atom. The largest absolute Gasteiger partial charge is 0.497 e. The van der Waals surface area contributed by atoms with Crippen molar-refractivity contribution in [3.63, 3.8) is 0 Å². The standard InChI is InChI=1S/C11H16N2O3S/c1-16-10-6-4-9(5-7-10)11-3-2-8-13(11)17(12,14)15/h4-7,11H,2-3,8H2,1H3,(H2,12,14,15)/t11-/m1/s1. The van der Waals surface area contributed by atoms with Crippen molar-refractivity contribution in [2.45, 2.75) is 18.9 Å². The van der Waals surface area contributed by atoms with E-state index in [1.54, 1.807) is 7.11 Å². The monoisotopic (exact) mass is 256 g/mol. The molecule has 17 heavy (non-hydrogen) atoms. The number of hydrogen-bond donors (Lipinski definition) is 1. The first-order valence-electron chi connectivity index (χ1n) is 5.46. The van der Waals surface area contributed by atoms with E-state index in [-0.39, 0.29) is 6.04 Å². The predicted octanol–water partition coefficient (Wildman–Crippen LogP) is 1.04. The summed E-state index contributed by atoms with van der Waals surface area (Å²) in [6, 6.07) is 7.28. The van der Waals surface area contributed by atoms with Gasteiger partial charge in [-0.1, -0.05) is 12.1 Å². The van der Waals surface area contributed by atoms with E-state index < -0.39 is 10.2 Å². The quantitative estimate of drug-likeness (QED) is 0.878. The van der Waals surface area contributed by atoms with E-state index >= 15 is 0 Å². The lowest BCUT2D eigenvalue weighted by Gasteiger charge is -2.22. The number of nitrogens with zero attached hydrogens (tertiary/aromatic N) is 1. The van der Waals surface area contributed by atoms with Gasteiger partial charge in [-0.15, -0.1) is 0 Å². The van der Waals surface area contributed by atoms with Gasteiger partial charge in [0.15, 0.2) is 0 Å². The topological polar surface area (TPSA) is 72.6 Å². The molecule has 5 nitrogen and oxygen atoms in total. The van der Waals surface area contributed by atoms with Gasteiger partial charge in [-0.2, -0.15) is 12.7 Å². The Balaban J connectivity index is 2.26. The smallest absolute Gasteiger partial charge is 0.277 e. The highest BCUT2D eigenvalue weighted by atomic mass is 32.2. The van der Waals surface area contributed by atoms with Crippen molar-refractivity contribution in [1.29, 1.82) is 0 Å². The first-order chi connectivity index (χ1) is 8.02. The molecule has 2 N–H and O–H groups in total. The molecule has 1 atom stereocenters. The summed E-state index contributed by atoms with van der Waals surface area (Å²) < 4.78 is 29.3. The van der Waals surface area contributed by atoms with Crippen molar-refractivity contribution in [3.8, 4) is 5.75 Å². The lowest BCUT2D eigenvalue weighted by atomic mass is 10.1. The Morgan fingerprint density at radius 2 is 2.00 bits per heavy atom. The lowest BCUT2D eigenvalue weighted by molar-refractivity contribution is 0.395. The first-order valence-corrected chi connectivity index (χ1v) is 6.96. The third-order valence-corrected chi connectivity index (χ3v) is 4.12. The number of nitrogens with two attached hydrogens (primary N) is 1. The van der Waals surface area contributed by atoms with Crippen LogP contribution in [0.5, 0.6) is 5.75 Å². The fraction of sp³-hybridized carbons (Fsp3) is 0.455. The van der Waals surface area contributed by atoms with Crippen LogP contribution in [0.4, 0.5) is 0 Å². The van der Waals surface area contributed by atoms with Gasteiger partial charge in [-0.3, -0.25) is 0 Å². The number of hydrogen-bond acceptors (Lipinski definition) is 3. The molecule has 1 fully saturated rings. The van der Waals surface area contributed by atoms with Crippen molar-refractivity contribution in [2.24, 2.45) is 5.14 Å². The molecule has 94 valence electrons. The number of benzene rings is 1. The highest BCUT2D eigenvalue weighted by Crippen LogP contribution is 2.33. The van der Waals surface area contributed by atoms with Crippen LogP contribution in [0.2, 0.25) is 0 Å². The zero-order chi connectivity index (χ0) is 12.5. The maximum Gasteiger partial charge on any atom is 0.277 e. The molecule has 1 aliphatic heterocycles. The van der Waals surface area contributed by atoms with Gasteiger partial charge >= 0.3 is 0 Å². The van der Waals surface area contributed by atoms with Crippen molar-refractivity contribution in [2.75, 3.05) is 13.7 Å². The van der Waals surface area contributed by atoms with Gasteiger partial charge in [-0.25, -0.2) is 5.14 Å². The number of methoxy groups -OCH3 is 1.